The fourth-order valence-corrected chi connectivity index (χ4v) is 2.48. The van der Waals surface area contributed by atoms with E-state index in [1.807, 2.05) is 0 Å². The number of primary amides is 1. The number of urea groups is 1. The maximum atomic E-state index is 11.8. The molecule has 20 heavy (non-hydrogen) atoms. The van der Waals surface area contributed by atoms with E-state index >= 15 is 0 Å². The SMILES string of the molecule is CC1CCC(NC(=O)N[C@@H](CCC(N)=O)C(=O)O)C1C. The summed E-state index contributed by atoms with van der Waals surface area (Å²) in [6.45, 7) is 4.21. The molecule has 0 bridgehead atoms. The first-order valence-electron chi connectivity index (χ1n) is 6.89. The van der Waals surface area contributed by atoms with Crippen molar-refractivity contribution in [1.29, 1.82) is 0 Å². The van der Waals surface area contributed by atoms with Gasteiger partial charge in [0.2, 0.25) is 5.91 Å². The van der Waals surface area contributed by atoms with Crippen molar-refractivity contribution >= 4 is 17.9 Å². The van der Waals surface area contributed by atoms with Crippen molar-refractivity contribution in [2.24, 2.45) is 17.6 Å². The molecule has 0 spiro atoms. The second-order valence-corrected chi connectivity index (χ2v) is 5.53. The zero-order valence-electron chi connectivity index (χ0n) is 11.9. The number of nitrogens with two attached hydrogens (primary N) is 1. The van der Waals surface area contributed by atoms with Gasteiger partial charge in [0.25, 0.3) is 0 Å². The Labute approximate surface area is 118 Å². The van der Waals surface area contributed by atoms with Crippen molar-refractivity contribution in [2.45, 2.75) is 51.6 Å². The molecule has 0 aromatic carbocycles. The molecule has 1 saturated carbocycles. The molecule has 5 N–H and O–H groups in total. The van der Waals surface area contributed by atoms with E-state index in [0.29, 0.717) is 11.8 Å². The van der Waals surface area contributed by atoms with Crippen LogP contribution in [0.1, 0.15) is 39.5 Å². The number of nitrogens with one attached hydrogen (secondary N) is 2. The minimum absolute atomic E-state index is 0.00525. The van der Waals surface area contributed by atoms with E-state index in [4.69, 9.17) is 10.8 Å². The summed E-state index contributed by atoms with van der Waals surface area (Å²) in [4.78, 5) is 33.5. The van der Waals surface area contributed by atoms with Gasteiger partial charge in [-0.05, 0) is 31.1 Å². The van der Waals surface area contributed by atoms with Gasteiger partial charge in [0.05, 0.1) is 0 Å². The summed E-state index contributed by atoms with van der Waals surface area (Å²) in [6, 6.07) is -1.54. The predicted octanol–water partition coefficient (Wildman–Crippen LogP) is 0.439. The van der Waals surface area contributed by atoms with E-state index in [0.717, 1.165) is 12.8 Å². The fourth-order valence-electron chi connectivity index (χ4n) is 2.48. The monoisotopic (exact) mass is 285 g/mol. The van der Waals surface area contributed by atoms with Crippen LogP contribution >= 0.6 is 0 Å². The van der Waals surface area contributed by atoms with E-state index in [-0.39, 0.29) is 18.9 Å². The summed E-state index contributed by atoms with van der Waals surface area (Å²) in [6.07, 6.45) is 1.87. The van der Waals surface area contributed by atoms with Crippen molar-refractivity contribution in [1.82, 2.24) is 10.6 Å². The van der Waals surface area contributed by atoms with Crippen LogP contribution in [-0.2, 0) is 9.59 Å². The van der Waals surface area contributed by atoms with E-state index in [2.05, 4.69) is 24.5 Å². The highest BCUT2D eigenvalue weighted by molar-refractivity contribution is 5.83. The van der Waals surface area contributed by atoms with Crippen molar-refractivity contribution in [2.75, 3.05) is 0 Å². The van der Waals surface area contributed by atoms with E-state index in [1.165, 1.54) is 0 Å². The number of amides is 3. The molecule has 1 aliphatic rings. The van der Waals surface area contributed by atoms with Crippen LogP contribution in [0, 0.1) is 11.8 Å². The summed E-state index contributed by atoms with van der Waals surface area (Å²) in [7, 11) is 0. The van der Waals surface area contributed by atoms with Crippen LogP contribution < -0.4 is 16.4 Å². The molecular formula is C13H23N3O4. The Bertz CT molecular complexity index is 386. The first kappa shape index (κ1) is 16.3. The molecule has 1 aliphatic carbocycles. The highest BCUT2D eigenvalue weighted by Gasteiger charge is 2.31. The lowest BCUT2D eigenvalue weighted by molar-refractivity contribution is -0.139. The standard InChI is InChI=1S/C13H23N3O4/c1-7-3-4-9(8(7)2)15-13(20)16-10(12(18)19)5-6-11(14)17/h7-10H,3-6H2,1-2H3,(H2,14,17)(H,18,19)(H2,15,16,20)/t7?,8?,9?,10-/m0/s1. The number of hydrogen-bond donors (Lipinski definition) is 4. The van der Waals surface area contributed by atoms with Gasteiger partial charge in [-0.25, -0.2) is 9.59 Å². The summed E-state index contributed by atoms with van der Waals surface area (Å²) in [5.41, 5.74) is 4.98. The van der Waals surface area contributed by atoms with Crippen LogP contribution in [0.2, 0.25) is 0 Å². The minimum Gasteiger partial charge on any atom is -0.480 e. The van der Waals surface area contributed by atoms with Crippen LogP contribution in [0.4, 0.5) is 4.79 Å². The third-order valence-corrected chi connectivity index (χ3v) is 4.06. The molecule has 3 amide bonds. The average Bonchev–Trinajstić information content (AvgIpc) is 2.65. The highest BCUT2D eigenvalue weighted by atomic mass is 16.4. The van der Waals surface area contributed by atoms with Gasteiger partial charge >= 0.3 is 12.0 Å². The maximum absolute atomic E-state index is 11.8. The van der Waals surface area contributed by atoms with Gasteiger partial charge in [-0.3, -0.25) is 4.79 Å². The third-order valence-electron chi connectivity index (χ3n) is 4.06. The van der Waals surface area contributed by atoms with Crippen LogP contribution in [-0.4, -0.2) is 35.1 Å². The number of carboxylic acids is 1. The molecule has 0 radical (unpaired) electrons. The Hall–Kier alpha value is -1.79. The number of carboxylic acid groups (broad SMARTS) is 1. The molecule has 7 heteroatoms. The molecule has 0 saturated heterocycles. The maximum Gasteiger partial charge on any atom is 0.326 e. The number of carbonyl (C=O) groups excluding carboxylic acids is 2. The Balaban J connectivity index is 2.45. The Morgan fingerprint density at radius 1 is 1.30 bits per heavy atom. The number of aliphatic carboxylic acids is 1. The molecule has 4 atom stereocenters. The number of hydrogen-bond acceptors (Lipinski definition) is 3. The third kappa shape index (κ3) is 4.71. The zero-order valence-corrected chi connectivity index (χ0v) is 11.9. The van der Waals surface area contributed by atoms with Crippen molar-refractivity contribution in [3.8, 4) is 0 Å². The molecule has 1 fully saturated rings. The second kappa shape index (κ2) is 7.12. The molecule has 0 aromatic heterocycles. The van der Waals surface area contributed by atoms with Crippen LogP contribution in [0.15, 0.2) is 0 Å². The van der Waals surface area contributed by atoms with E-state index in [9.17, 15) is 14.4 Å². The predicted molar refractivity (Wildman–Crippen MR) is 72.9 cm³/mol. The Morgan fingerprint density at radius 2 is 1.95 bits per heavy atom. The summed E-state index contributed by atoms with van der Waals surface area (Å²) >= 11 is 0. The van der Waals surface area contributed by atoms with Gasteiger partial charge < -0.3 is 21.5 Å². The van der Waals surface area contributed by atoms with Crippen molar-refractivity contribution < 1.29 is 19.5 Å². The average molecular weight is 285 g/mol. The lowest BCUT2D eigenvalue weighted by Crippen LogP contribution is -2.50. The van der Waals surface area contributed by atoms with Gasteiger partial charge in [0.15, 0.2) is 0 Å². The topological polar surface area (TPSA) is 122 Å². The quantitative estimate of drug-likeness (QED) is 0.565. The normalized spacial score (nSPS) is 26.8. The first-order chi connectivity index (χ1) is 9.31. The molecule has 0 heterocycles. The van der Waals surface area contributed by atoms with Gasteiger partial charge in [-0.15, -0.1) is 0 Å². The second-order valence-electron chi connectivity index (χ2n) is 5.53. The smallest absolute Gasteiger partial charge is 0.326 e. The van der Waals surface area contributed by atoms with Gasteiger partial charge in [-0.2, -0.15) is 0 Å². The van der Waals surface area contributed by atoms with Crippen molar-refractivity contribution in [3.05, 3.63) is 0 Å². The minimum atomic E-state index is -1.17. The molecule has 0 aliphatic heterocycles. The molecule has 1 rings (SSSR count). The lowest BCUT2D eigenvalue weighted by Gasteiger charge is -2.21. The van der Waals surface area contributed by atoms with Gasteiger partial charge in [0, 0.05) is 12.5 Å². The Morgan fingerprint density at radius 3 is 2.40 bits per heavy atom. The fraction of sp³-hybridized carbons (Fsp3) is 0.769. The molecular weight excluding hydrogens is 262 g/mol. The molecule has 3 unspecified atom stereocenters. The number of rotatable bonds is 6. The number of carbonyl (C=O) groups is 3. The zero-order chi connectivity index (χ0) is 15.3. The first-order valence-corrected chi connectivity index (χ1v) is 6.89. The van der Waals surface area contributed by atoms with Gasteiger partial charge in [-0.1, -0.05) is 13.8 Å². The van der Waals surface area contributed by atoms with E-state index in [1.54, 1.807) is 0 Å². The summed E-state index contributed by atoms with van der Waals surface area (Å²) < 4.78 is 0. The van der Waals surface area contributed by atoms with Crippen molar-refractivity contribution in [3.63, 3.8) is 0 Å². The molecule has 114 valence electrons. The summed E-state index contributed by atoms with van der Waals surface area (Å²) in [5, 5.41) is 14.2. The van der Waals surface area contributed by atoms with Crippen LogP contribution in [0.5, 0.6) is 0 Å². The highest BCUT2D eigenvalue weighted by Crippen LogP contribution is 2.30. The van der Waals surface area contributed by atoms with E-state index < -0.39 is 23.9 Å². The Kier molecular flexibility index (Phi) is 5.79. The van der Waals surface area contributed by atoms with Gasteiger partial charge in [0.1, 0.15) is 6.04 Å². The van der Waals surface area contributed by atoms with Crippen LogP contribution in [0.3, 0.4) is 0 Å². The summed E-state index contributed by atoms with van der Waals surface area (Å²) in [5.74, 6) is -0.842. The van der Waals surface area contributed by atoms with Crippen LogP contribution in [0.25, 0.3) is 0 Å². The largest absolute Gasteiger partial charge is 0.480 e. The molecule has 0 aromatic rings. The lowest BCUT2D eigenvalue weighted by atomic mass is 9.98. The molecule has 7 nitrogen and oxygen atoms in total.